The Morgan fingerprint density at radius 3 is 2.93 bits per heavy atom. The zero-order chi connectivity index (χ0) is 10.8. The minimum absolute atomic E-state index is 0.797. The molecule has 0 radical (unpaired) electrons. The van der Waals surface area contributed by atoms with Gasteiger partial charge in [0.25, 0.3) is 0 Å². The minimum atomic E-state index is 0.797. The van der Waals surface area contributed by atoms with Gasteiger partial charge in [0.2, 0.25) is 0 Å². The Balaban J connectivity index is 2.43. The van der Waals surface area contributed by atoms with Crippen LogP contribution >= 0.6 is 22.9 Å². The first-order valence-electron chi connectivity index (χ1n) is 4.63. The molecule has 3 nitrogen and oxygen atoms in total. The quantitative estimate of drug-likeness (QED) is 0.895. The molecule has 0 unspecified atom stereocenters. The van der Waals surface area contributed by atoms with Crippen molar-refractivity contribution in [3.8, 4) is 10.6 Å². The highest BCUT2D eigenvalue weighted by Gasteiger charge is 2.11. The van der Waals surface area contributed by atoms with Gasteiger partial charge in [-0.3, -0.25) is 0 Å². The van der Waals surface area contributed by atoms with Crippen molar-refractivity contribution in [2.24, 2.45) is 7.05 Å². The van der Waals surface area contributed by atoms with Crippen LogP contribution in [0.2, 0.25) is 4.34 Å². The number of imidazole rings is 1. The van der Waals surface area contributed by atoms with Crippen LogP contribution in [0.5, 0.6) is 0 Å². The van der Waals surface area contributed by atoms with E-state index in [2.05, 4.69) is 10.3 Å². The standard InChI is InChI=1S/C10H12ClN3S/c1-12-5-7-10(13-6-14(7)2)8-3-4-9(11)15-8/h3-4,6,12H,5H2,1-2H3. The molecule has 2 aromatic rings. The summed E-state index contributed by atoms with van der Waals surface area (Å²) >= 11 is 7.47. The van der Waals surface area contributed by atoms with Crippen molar-refractivity contribution in [1.82, 2.24) is 14.9 Å². The maximum atomic E-state index is 5.91. The molecule has 0 aliphatic rings. The Hall–Kier alpha value is -0.840. The smallest absolute Gasteiger partial charge is 0.103 e. The van der Waals surface area contributed by atoms with Gasteiger partial charge in [0.05, 0.1) is 21.2 Å². The second-order valence-corrected chi connectivity index (χ2v) is 5.00. The van der Waals surface area contributed by atoms with E-state index in [1.807, 2.05) is 37.1 Å². The third kappa shape index (κ3) is 2.07. The fourth-order valence-corrected chi connectivity index (χ4v) is 2.54. The first-order chi connectivity index (χ1) is 7.22. The lowest BCUT2D eigenvalue weighted by molar-refractivity contribution is 0.736. The van der Waals surface area contributed by atoms with E-state index in [-0.39, 0.29) is 0 Å². The van der Waals surface area contributed by atoms with Crippen LogP contribution in [0.1, 0.15) is 5.69 Å². The van der Waals surface area contributed by atoms with E-state index in [4.69, 9.17) is 11.6 Å². The highest BCUT2D eigenvalue weighted by Crippen LogP contribution is 2.31. The lowest BCUT2D eigenvalue weighted by Gasteiger charge is -2.03. The summed E-state index contributed by atoms with van der Waals surface area (Å²) in [6, 6.07) is 3.91. The van der Waals surface area contributed by atoms with Crippen LogP contribution < -0.4 is 5.32 Å². The first kappa shape index (κ1) is 10.7. The molecule has 0 aromatic carbocycles. The van der Waals surface area contributed by atoms with Crippen LogP contribution in [0, 0.1) is 0 Å². The predicted octanol–water partition coefficient (Wildman–Crippen LogP) is 2.52. The molecule has 0 aliphatic carbocycles. The van der Waals surface area contributed by atoms with Gasteiger partial charge in [-0.1, -0.05) is 11.6 Å². The van der Waals surface area contributed by atoms with E-state index in [9.17, 15) is 0 Å². The Bertz CT molecular complexity index is 461. The number of thiophene rings is 1. The van der Waals surface area contributed by atoms with Crippen molar-refractivity contribution in [1.29, 1.82) is 0 Å². The van der Waals surface area contributed by atoms with Gasteiger partial charge in [-0.2, -0.15) is 0 Å². The molecule has 2 heterocycles. The lowest BCUT2D eigenvalue weighted by atomic mass is 10.2. The Kier molecular flexibility index (Phi) is 3.09. The predicted molar refractivity (Wildman–Crippen MR) is 64.3 cm³/mol. The average Bonchev–Trinajstić information content (AvgIpc) is 2.76. The summed E-state index contributed by atoms with van der Waals surface area (Å²) in [7, 11) is 3.93. The van der Waals surface area contributed by atoms with Crippen molar-refractivity contribution in [3.63, 3.8) is 0 Å². The third-order valence-corrected chi connectivity index (χ3v) is 3.45. The van der Waals surface area contributed by atoms with Gasteiger partial charge in [-0.25, -0.2) is 4.98 Å². The Labute approximate surface area is 97.7 Å². The monoisotopic (exact) mass is 241 g/mol. The highest BCUT2D eigenvalue weighted by molar-refractivity contribution is 7.19. The van der Waals surface area contributed by atoms with Gasteiger partial charge in [-0.05, 0) is 19.2 Å². The largest absolute Gasteiger partial charge is 0.336 e. The van der Waals surface area contributed by atoms with Crippen molar-refractivity contribution in [3.05, 3.63) is 28.5 Å². The molecule has 0 amide bonds. The van der Waals surface area contributed by atoms with E-state index in [1.54, 1.807) is 11.3 Å². The topological polar surface area (TPSA) is 29.9 Å². The molecule has 0 spiro atoms. The van der Waals surface area contributed by atoms with E-state index in [0.717, 1.165) is 21.5 Å². The zero-order valence-corrected chi connectivity index (χ0v) is 10.2. The maximum Gasteiger partial charge on any atom is 0.103 e. The molecule has 2 aromatic heterocycles. The summed E-state index contributed by atoms with van der Waals surface area (Å²) in [5.41, 5.74) is 2.19. The normalized spacial score (nSPS) is 10.9. The number of hydrogen-bond acceptors (Lipinski definition) is 3. The number of hydrogen-bond donors (Lipinski definition) is 1. The van der Waals surface area contributed by atoms with E-state index in [1.165, 1.54) is 5.69 Å². The summed E-state index contributed by atoms with van der Waals surface area (Å²) in [5.74, 6) is 0. The van der Waals surface area contributed by atoms with Crippen LogP contribution in [-0.4, -0.2) is 16.6 Å². The van der Waals surface area contributed by atoms with Gasteiger partial charge in [-0.15, -0.1) is 11.3 Å². The number of halogens is 1. The molecule has 0 saturated heterocycles. The van der Waals surface area contributed by atoms with Crippen molar-refractivity contribution < 1.29 is 0 Å². The van der Waals surface area contributed by atoms with Crippen molar-refractivity contribution in [2.45, 2.75) is 6.54 Å². The molecular formula is C10H12ClN3S. The third-order valence-electron chi connectivity index (χ3n) is 2.21. The second kappa shape index (κ2) is 4.35. The number of aromatic nitrogens is 2. The number of nitrogens with zero attached hydrogens (tertiary/aromatic N) is 2. The molecule has 80 valence electrons. The maximum absolute atomic E-state index is 5.91. The van der Waals surface area contributed by atoms with Crippen LogP contribution in [0.3, 0.4) is 0 Å². The molecule has 0 bridgehead atoms. The molecular weight excluding hydrogens is 230 g/mol. The summed E-state index contributed by atoms with van der Waals surface area (Å²) in [5, 5.41) is 3.14. The van der Waals surface area contributed by atoms with Crippen LogP contribution in [0.4, 0.5) is 0 Å². The second-order valence-electron chi connectivity index (χ2n) is 3.28. The molecule has 0 saturated carbocycles. The number of rotatable bonds is 3. The molecule has 1 N–H and O–H groups in total. The van der Waals surface area contributed by atoms with E-state index in [0.29, 0.717) is 0 Å². The van der Waals surface area contributed by atoms with Crippen LogP contribution in [0.15, 0.2) is 18.5 Å². The molecule has 0 aliphatic heterocycles. The summed E-state index contributed by atoms with van der Waals surface area (Å²) < 4.78 is 2.82. The zero-order valence-electron chi connectivity index (χ0n) is 8.62. The van der Waals surface area contributed by atoms with Gasteiger partial charge in [0, 0.05) is 13.6 Å². The fraction of sp³-hybridized carbons (Fsp3) is 0.300. The fourth-order valence-electron chi connectivity index (χ4n) is 1.48. The number of nitrogens with one attached hydrogen (secondary N) is 1. The average molecular weight is 242 g/mol. The van der Waals surface area contributed by atoms with E-state index < -0.39 is 0 Å². The molecule has 0 fully saturated rings. The van der Waals surface area contributed by atoms with Gasteiger partial charge < -0.3 is 9.88 Å². The lowest BCUT2D eigenvalue weighted by Crippen LogP contribution is -2.09. The van der Waals surface area contributed by atoms with Gasteiger partial charge in [0.1, 0.15) is 5.69 Å². The van der Waals surface area contributed by atoms with Crippen molar-refractivity contribution >= 4 is 22.9 Å². The highest BCUT2D eigenvalue weighted by atomic mass is 35.5. The molecule has 0 atom stereocenters. The Morgan fingerprint density at radius 1 is 1.53 bits per heavy atom. The Morgan fingerprint density at radius 2 is 2.33 bits per heavy atom. The SMILES string of the molecule is CNCc1c(-c2ccc(Cl)s2)ncn1C. The van der Waals surface area contributed by atoms with Crippen LogP contribution in [0.25, 0.3) is 10.6 Å². The van der Waals surface area contributed by atoms with Gasteiger partial charge >= 0.3 is 0 Å². The minimum Gasteiger partial charge on any atom is -0.336 e. The first-order valence-corrected chi connectivity index (χ1v) is 5.82. The summed E-state index contributed by atoms with van der Waals surface area (Å²) in [6.45, 7) is 0.807. The van der Waals surface area contributed by atoms with Gasteiger partial charge in [0.15, 0.2) is 0 Å². The molecule has 5 heteroatoms. The summed E-state index contributed by atoms with van der Waals surface area (Å²) in [4.78, 5) is 5.51. The van der Waals surface area contributed by atoms with E-state index >= 15 is 0 Å². The molecule has 2 rings (SSSR count). The van der Waals surface area contributed by atoms with Crippen molar-refractivity contribution in [2.75, 3.05) is 7.05 Å². The number of aryl methyl sites for hydroxylation is 1. The van der Waals surface area contributed by atoms with Crippen LogP contribution in [-0.2, 0) is 13.6 Å². The molecule has 15 heavy (non-hydrogen) atoms. The summed E-state index contributed by atoms with van der Waals surface area (Å²) in [6.07, 6.45) is 1.83.